The van der Waals surface area contributed by atoms with Crippen LogP contribution in [0.1, 0.15) is 18.2 Å². The SMILES string of the molecule is C/C(=N\N=C(/[O][Ge]([c]1ccccc1)([c]1ccccc1)[c]1ccccc1)c1ccncc1)c1ccccn1. The second-order valence-electron chi connectivity index (χ2n) is 8.42. The first-order valence-electron chi connectivity index (χ1n) is 12.1. The Labute approximate surface area is 220 Å². The molecule has 2 heterocycles. The molecule has 0 N–H and O–H groups in total. The van der Waals surface area contributed by atoms with Gasteiger partial charge < -0.3 is 0 Å². The number of benzene rings is 3. The summed E-state index contributed by atoms with van der Waals surface area (Å²) in [5.41, 5.74) is 2.28. The van der Waals surface area contributed by atoms with E-state index in [-0.39, 0.29) is 0 Å². The van der Waals surface area contributed by atoms with Crippen LogP contribution in [0, 0.1) is 0 Å². The van der Waals surface area contributed by atoms with E-state index in [4.69, 9.17) is 8.87 Å². The Balaban J connectivity index is 1.73. The molecule has 0 amide bonds. The van der Waals surface area contributed by atoms with Crippen molar-refractivity contribution in [2.24, 2.45) is 10.2 Å². The van der Waals surface area contributed by atoms with Crippen LogP contribution < -0.4 is 13.2 Å². The van der Waals surface area contributed by atoms with Crippen LogP contribution >= 0.6 is 0 Å². The van der Waals surface area contributed by atoms with Gasteiger partial charge in [-0.3, -0.25) is 0 Å². The van der Waals surface area contributed by atoms with Gasteiger partial charge in [-0.1, -0.05) is 0 Å². The summed E-state index contributed by atoms with van der Waals surface area (Å²) >= 11 is -3.78. The van der Waals surface area contributed by atoms with Crippen molar-refractivity contribution in [2.45, 2.75) is 6.92 Å². The van der Waals surface area contributed by atoms with Crippen molar-refractivity contribution in [1.82, 2.24) is 9.97 Å². The van der Waals surface area contributed by atoms with Gasteiger partial charge in [0, 0.05) is 0 Å². The van der Waals surface area contributed by atoms with Crippen LogP contribution in [0.3, 0.4) is 0 Å². The minimum absolute atomic E-state index is 0.453. The summed E-state index contributed by atoms with van der Waals surface area (Å²) in [6.45, 7) is 1.90. The van der Waals surface area contributed by atoms with Gasteiger partial charge in [-0.25, -0.2) is 0 Å². The molecule has 3 aromatic carbocycles. The van der Waals surface area contributed by atoms with Gasteiger partial charge in [-0.2, -0.15) is 0 Å². The molecule has 0 atom stereocenters. The van der Waals surface area contributed by atoms with E-state index in [1.54, 1.807) is 18.6 Å². The molecule has 0 aliphatic heterocycles. The Kier molecular flexibility index (Phi) is 7.62. The third-order valence-electron chi connectivity index (χ3n) is 6.04. The number of nitrogens with zero attached hydrogens (tertiary/aromatic N) is 4. The summed E-state index contributed by atoms with van der Waals surface area (Å²) in [5, 5.41) is 9.26. The van der Waals surface area contributed by atoms with Crippen molar-refractivity contribution in [3.05, 3.63) is 151 Å². The van der Waals surface area contributed by atoms with Crippen molar-refractivity contribution >= 4 is 38.4 Å². The Hall–Kier alpha value is -4.36. The summed E-state index contributed by atoms with van der Waals surface area (Å²) in [6, 6.07) is 41.0. The number of hydrogen-bond acceptors (Lipinski definition) is 5. The molecule has 0 saturated carbocycles. The van der Waals surface area contributed by atoms with Gasteiger partial charge in [-0.05, 0) is 0 Å². The van der Waals surface area contributed by atoms with Crippen LogP contribution in [0.2, 0.25) is 0 Å². The van der Waals surface area contributed by atoms with E-state index in [1.165, 1.54) is 0 Å². The van der Waals surface area contributed by atoms with E-state index in [9.17, 15) is 0 Å². The molecule has 0 bridgehead atoms. The third kappa shape index (κ3) is 5.42. The quantitative estimate of drug-likeness (QED) is 0.133. The van der Waals surface area contributed by atoms with Crippen LogP contribution in [0.4, 0.5) is 0 Å². The zero-order chi connectivity index (χ0) is 25.3. The molecule has 0 aliphatic rings. The van der Waals surface area contributed by atoms with Crippen LogP contribution in [0.5, 0.6) is 0 Å². The summed E-state index contributed by atoms with van der Waals surface area (Å²) in [6.07, 6.45) is 5.23. The zero-order valence-electron chi connectivity index (χ0n) is 20.5. The molecular weight excluding hydrogens is 517 g/mol. The number of rotatable bonds is 7. The Morgan fingerprint density at radius 2 is 1.11 bits per heavy atom. The molecule has 180 valence electrons. The molecule has 2 aromatic heterocycles. The monoisotopic (exact) mass is 544 g/mol. The van der Waals surface area contributed by atoms with Crippen molar-refractivity contribution in [2.75, 3.05) is 0 Å². The van der Waals surface area contributed by atoms with E-state index in [2.05, 4.69) is 87.9 Å². The molecular formula is C31H26GeN4O. The first kappa shape index (κ1) is 24.3. The normalized spacial score (nSPS) is 12.2. The zero-order valence-corrected chi connectivity index (χ0v) is 22.6. The molecule has 5 rings (SSSR count). The van der Waals surface area contributed by atoms with Gasteiger partial charge in [0.15, 0.2) is 0 Å². The molecule has 0 unspecified atom stereocenters. The molecule has 5 nitrogen and oxygen atoms in total. The number of pyridine rings is 2. The Morgan fingerprint density at radius 1 is 0.595 bits per heavy atom. The van der Waals surface area contributed by atoms with Gasteiger partial charge >= 0.3 is 220 Å². The first-order valence-corrected chi connectivity index (χ1v) is 16.1. The fourth-order valence-corrected chi connectivity index (χ4v) is 12.2. The topological polar surface area (TPSA) is 59.7 Å². The Morgan fingerprint density at radius 3 is 1.59 bits per heavy atom. The average molecular weight is 543 g/mol. The molecule has 0 spiro atoms. The molecule has 0 fully saturated rings. The van der Waals surface area contributed by atoms with Crippen molar-refractivity contribution < 1.29 is 3.76 Å². The van der Waals surface area contributed by atoms with Crippen molar-refractivity contribution in [1.29, 1.82) is 0 Å². The maximum atomic E-state index is 7.25. The molecule has 5 aromatic rings. The van der Waals surface area contributed by atoms with E-state index in [0.29, 0.717) is 11.6 Å². The van der Waals surface area contributed by atoms with Crippen LogP contribution in [0.15, 0.2) is 150 Å². The molecule has 0 saturated heterocycles. The predicted octanol–water partition coefficient (Wildman–Crippen LogP) is 4.33. The van der Waals surface area contributed by atoms with E-state index in [1.807, 2.05) is 55.5 Å². The average Bonchev–Trinajstić information content (AvgIpc) is 2.99. The summed E-state index contributed by atoms with van der Waals surface area (Å²) in [4.78, 5) is 8.61. The van der Waals surface area contributed by atoms with Crippen molar-refractivity contribution in [3.8, 4) is 0 Å². The standard InChI is InChI=1S/C31H26GeN4O/c1-25(30-19-11-12-22-34-30)35-36-31(26-20-23-33-24-21-26)37-32(27-13-5-2-6-14-27,28-15-7-3-8-16-28)29-17-9-4-10-18-29/h2-24H,1H3/b35-25+,36-31-. The number of hydrogen-bond donors (Lipinski definition) is 0. The van der Waals surface area contributed by atoms with Gasteiger partial charge in [-0.15, -0.1) is 0 Å². The van der Waals surface area contributed by atoms with Crippen LogP contribution in [0.25, 0.3) is 0 Å². The van der Waals surface area contributed by atoms with E-state index >= 15 is 0 Å². The summed E-state index contributed by atoms with van der Waals surface area (Å²) in [5.74, 6) is 0.453. The van der Waals surface area contributed by atoms with Gasteiger partial charge in [0.2, 0.25) is 0 Å². The number of aromatic nitrogens is 2. The van der Waals surface area contributed by atoms with Crippen LogP contribution in [-0.2, 0) is 3.76 Å². The summed E-state index contributed by atoms with van der Waals surface area (Å²) in [7, 11) is 0. The van der Waals surface area contributed by atoms with Gasteiger partial charge in [0.25, 0.3) is 0 Å². The molecule has 37 heavy (non-hydrogen) atoms. The second kappa shape index (κ2) is 11.6. The van der Waals surface area contributed by atoms with Crippen molar-refractivity contribution in [3.63, 3.8) is 0 Å². The van der Waals surface area contributed by atoms with Gasteiger partial charge in [0.1, 0.15) is 0 Å². The van der Waals surface area contributed by atoms with Crippen LogP contribution in [-0.4, -0.2) is 35.2 Å². The molecule has 6 heteroatoms. The molecule has 0 aliphatic carbocycles. The fourth-order valence-electron chi connectivity index (χ4n) is 4.22. The molecule has 0 radical (unpaired) electrons. The summed E-state index contributed by atoms with van der Waals surface area (Å²) < 4.78 is 10.7. The second-order valence-corrected chi connectivity index (χ2v) is 15.3. The first-order chi connectivity index (χ1) is 18.3. The van der Waals surface area contributed by atoms with E-state index < -0.39 is 13.6 Å². The minimum atomic E-state index is -3.78. The predicted molar refractivity (Wildman–Crippen MR) is 152 cm³/mol. The maximum absolute atomic E-state index is 7.25. The Bertz CT molecular complexity index is 1380. The van der Waals surface area contributed by atoms with E-state index in [0.717, 1.165) is 24.4 Å². The van der Waals surface area contributed by atoms with Gasteiger partial charge in [0.05, 0.1) is 0 Å². The fraction of sp³-hybridized carbons (Fsp3) is 0.0323. The third-order valence-corrected chi connectivity index (χ3v) is 14.3.